The summed E-state index contributed by atoms with van der Waals surface area (Å²) in [6, 6.07) is 5.51. The van der Waals surface area contributed by atoms with Crippen LogP contribution < -0.4 is 10.2 Å². The van der Waals surface area contributed by atoms with Crippen LogP contribution in [0.15, 0.2) is 22.7 Å². The maximum atomic E-state index is 12.4. The molecule has 1 N–H and O–H groups in total. The third kappa shape index (κ3) is 4.33. The Labute approximate surface area is 173 Å². The summed E-state index contributed by atoms with van der Waals surface area (Å²) in [5, 5.41) is 8.20. The van der Waals surface area contributed by atoms with Gasteiger partial charge in [-0.25, -0.2) is 4.98 Å². The molecule has 1 saturated heterocycles. The number of morpholine rings is 1. The van der Waals surface area contributed by atoms with Crippen LogP contribution in [-0.4, -0.2) is 47.3 Å². The van der Waals surface area contributed by atoms with E-state index in [9.17, 15) is 4.79 Å². The second kappa shape index (κ2) is 8.34. The van der Waals surface area contributed by atoms with Gasteiger partial charge in [0.25, 0.3) is 5.71 Å². The highest BCUT2D eigenvalue weighted by atomic mass is 35.5. The molecular weight excluding hydrogens is 394 g/mol. The summed E-state index contributed by atoms with van der Waals surface area (Å²) >= 11 is 6.19. The van der Waals surface area contributed by atoms with E-state index in [0.717, 1.165) is 35.6 Å². The minimum Gasteiger partial charge on any atom is -0.378 e. The predicted octanol–water partition coefficient (Wildman–Crippen LogP) is 3.30. The van der Waals surface area contributed by atoms with Crippen LogP contribution in [-0.2, 0) is 16.0 Å². The first-order valence-electron chi connectivity index (χ1n) is 9.53. The van der Waals surface area contributed by atoms with Crippen molar-refractivity contribution < 1.29 is 14.1 Å². The number of nitrogens with zero attached hydrogens (tertiary/aromatic N) is 4. The van der Waals surface area contributed by atoms with Gasteiger partial charge < -0.3 is 19.5 Å². The summed E-state index contributed by atoms with van der Waals surface area (Å²) in [5.41, 5.74) is 2.82. The maximum Gasteiger partial charge on any atom is 0.263 e. The van der Waals surface area contributed by atoms with Gasteiger partial charge in [-0.2, -0.15) is 4.98 Å². The molecule has 2 aromatic heterocycles. The van der Waals surface area contributed by atoms with E-state index >= 15 is 0 Å². The average molecular weight is 416 g/mol. The second-order valence-electron chi connectivity index (χ2n) is 7.04. The molecule has 0 saturated carbocycles. The Balaban J connectivity index is 1.51. The number of anilines is 2. The van der Waals surface area contributed by atoms with Gasteiger partial charge in [0, 0.05) is 25.9 Å². The van der Waals surface area contributed by atoms with E-state index in [1.165, 1.54) is 0 Å². The molecule has 9 heteroatoms. The molecule has 0 unspecified atom stereocenters. The van der Waals surface area contributed by atoms with Crippen molar-refractivity contribution in [3.63, 3.8) is 0 Å². The molecule has 1 aliphatic heterocycles. The molecule has 0 spiro atoms. The monoisotopic (exact) mass is 415 g/mol. The molecule has 8 nitrogen and oxygen atoms in total. The number of hydrogen-bond acceptors (Lipinski definition) is 7. The number of aromatic nitrogens is 3. The molecule has 0 aliphatic carbocycles. The minimum atomic E-state index is -0.152. The third-order valence-electron chi connectivity index (χ3n) is 4.82. The summed E-state index contributed by atoms with van der Waals surface area (Å²) in [6.07, 6.45) is 0.605. The average Bonchev–Trinajstić information content (AvgIpc) is 3.09. The predicted molar refractivity (Wildman–Crippen MR) is 111 cm³/mol. The number of fused-ring (bicyclic) bond motifs is 1. The van der Waals surface area contributed by atoms with Gasteiger partial charge in [-0.1, -0.05) is 22.8 Å². The number of halogens is 1. The second-order valence-corrected chi connectivity index (χ2v) is 7.45. The number of amides is 1. The van der Waals surface area contributed by atoms with Gasteiger partial charge in [-0.3, -0.25) is 4.79 Å². The summed E-state index contributed by atoms with van der Waals surface area (Å²) in [6.45, 7) is 6.58. The zero-order chi connectivity index (χ0) is 20.4. The Morgan fingerprint density at radius 2 is 2.03 bits per heavy atom. The Hall–Kier alpha value is -2.71. The van der Waals surface area contributed by atoms with Crippen LogP contribution in [0, 0.1) is 13.8 Å². The SMILES string of the molecule is Cc1ccc(NC(=O)CCc2nc(N3CCOCC3)c3c(C)noc3n2)c(Cl)c1. The number of aryl methyl sites for hydroxylation is 3. The Morgan fingerprint density at radius 1 is 1.24 bits per heavy atom. The number of carbonyl (C=O) groups excluding carboxylic acids is 1. The molecule has 1 aliphatic rings. The van der Waals surface area contributed by atoms with Crippen LogP contribution in [0.5, 0.6) is 0 Å². The zero-order valence-electron chi connectivity index (χ0n) is 16.4. The first-order valence-corrected chi connectivity index (χ1v) is 9.90. The van der Waals surface area contributed by atoms with E-state index in [1.807, 2.05) is 26.0 Å². The van der Waals surface area contributed by atoms with Gasteiger partial charge in [0.2, 0.25) is 5.91 Å². The van der Waals surface area contributed by atoms with Gasteiger partial charge in [-0.15, -0.1) is 0 Å². The first kappa shape index (κ1) is 19.6. The quantitative estimate of drug-likeness (QED) is 0.683. The Bertz CT molecular complexity index is 1050. The molecule has 29 heavy (non-hydrogen) atoms. The number of benzene rings is 1. The van der Waals surface area contributed by atoms with Crippen molar-refractivity contribution in [3.8, 4) is 0 Å². The normalized spacial score (nSPS) is 14.4. The molecule has 4 rings (SSSR count). The highest BCUT2D eigenvalue weighted by molar-refractivity contribution is 6.33. The summed E-state index contributed by atoms with van der Waals surface area (Å²) in [7, 11) is 0. The fraction of sp³-hybridized carbons (Fsp3) is 0.400. The first-order chi connectivity index (χ1) is 14.0. The Kier molecular flexibility index (Phi) is 5.64. The van der Waals surface area contributed by atoms with Crippen LogP contribution >= 0.6 is 11.6 Å². The summed E-state index contributed by atoms with van der Waals surface area (Å²) in [4.78, 5) is 23.7. The zero-order valence-corrected chi connectivity index (χ0v) is 17.1. The van der Waals surface area contributed by atoms with Crippen LogP contribution in [0.4, 0.5) is 11.5 Å². The molecule has 1 fully saturated rings. The Morgan fingerprint density at radius 3 is 2.79 bits per heavy atom. The van der Waals surface area contributed by atoms with Crippen LogP contribution in [0.25, 0.3) is 11.1 Å². The molecule has 3 aromatic rings. The minimum absolute atomic E-state index is 0.152. The van der Waals surface area contributed by atoms with E-state index in [0.29, 0.717) is 41.9 Å². The number of nitrogens with one attached hydrogen (secondary N) is 1. The van der Waals surface area contributed by atoms with E-state index in [4.69, 9.17) is 25.8 Å². The third-order valence-corrected chi connectivity index (χ3v) is 5.13. The lowest BCUT2D eigenvalue weighted by atomic mass is 10.2. The van der Waals surface area contributed by atoms with Gasteiger partial charge in [-0.05, 0) is 31.5 Å². The molecule has 152 valence electrons. The molecular formula is C20H22ClN5O3. The number of carbonyl (C=O) groups is 1. The molecule has 1 amide bonds. The number of hydrogen-bond donors (Lipinski definition) is 1. The molecule has 0 radical (unpaired) electrons. The fourth-order valence-corrected chi connectivity index (χ4v) is 3.57. The van der Waals surface area contributed by atoms with Gasteiger partial charge in [0.05, 0.1) is 29.6 Å². The highest BCUT2D eigenvalue weighted by Crippen LogP contribution is 2.28. The number of rotatable bonds is 5. The molecule has 1 aromatic carbocycles. The summed E-state index contributed by atoms with van der Waals surface area (Å²) < 4.78 is 10.8. The van der Waals surface area contributed by atoms with Crippen LogP contribution in [0.3, 0.4) is 0 Å². The molecule has 3 heterocycles. The maximum absolute atomic E-state index is 12.4. The van der Waals surface area contributed by atoms with E-state index in [2.05, 4.69) is 20.4 Å². The lowest BCUT2D eigenvalue weighted by Gasteiger charge is -2.28. The van der Waals surface area contributed by atoms with E-state index in [-0.39, 0.29) is 12.3 Å². The van der Waals surface area contributed by atoms with Crippen LogP contribution in [0.1, 0.15) is 23.5 Å². The van der Waals surface area contributed by atoms with Crippen molar-refractivity contribution in [2.75, 3.05) is 36.5 Å². The lowest BCUT2D eigenvalue weighted by Crippen LogP contribution is -2.37. The van der Waals surface area contributed by atoms with Crippen LogP contribution in [0.2, 0.25) is 5.02 Å². The van der Waals surface area contributed by atoms with Crippen molar-refractivity contribution in [1.29, 1.82) is 0 Å². The van der Waals surface area contributed by atoms with Crippen molar-refractivity contribution in [3.05, 3.63) is 40.3 Å². The van der Waals surface area contributed by atoms with Gasteiger partial charge in [0.15, 0.2) is 0 Å². The fourth-order valence-electron chi connectivity index (χ4n) is 3.29. The number of ether oxygens (including phenoxy) is 1. The smallest absolute Gasteiger partial charge is 0.263 e. The van der Waals surface area contributed by atoms with Crippen molar-refractivity contribution in [2.45, 2.75) is 26.7 Å². The topological polar surface area (TPSA) is 93.4 Å². The molecule has 0 atom stereocenters. The van der Waals surface area contributed by atoms with Crippen molar-refractivity contribution in [1.82, 2.24) is 15.1 Å². The van der Waals surface area contributed by atoms with Gasteiger partial charge in [0.1, 0.15) is 17.0 Å². The van der Waals surface area contributed by atoms with E-state index in [1.54, 1.807) is 6.07 Å². The van der Waals surface area contributed by atoms with Gasteiger partial charge >= 0.3 is 0 Å². The standard InChI is InChI=1S/C20H22ClN5O3/c1-12-3-4-15(14(21)11-12)22-17(27)6-5-16-23-19(26-7-9-28-10-8-26)18-13(2)25-29-20(18)24-16/h3-4,11H,5-10H2,1-2H3,(H,22,27). The molecule has 0 bridgehead atoms. The van der Waals surface area contributed by atoms with Crippen molar-refractivity contribution >= 4 is 40.1 Å². The highest BCUT2D eigenvalue weighted by Gasteiger charge is 2.22. The van der Waals surface area contributed by atoms with Crippen molar-refractivity contribution in [2.24, 2.45) is 0 Å². The summed E-state index contributed by atoms with van der Waals surface area (Å²) in [5.74, 6) is 1.18. The lowest BCUT2D eigenvalue weighted by molar-refractivity contribution is -0.116. The van der Waals surface area contributed by atoms with E-state index < -0.39 is 0 Å². The largest absolute Gasteiger partial charge is 0.378 e.